The Labute approximate surface area is 108 Å². The number of alkyl halides is 2. The van der Waals surface area contributed by atoms with Gasteiger partial charge in [-0.05, 0) is 12.3 Å². The second-order valence-electron chi connectivity index (χ2n) is 3.37. The van der Waals surface area contributed by atoms with E-state index in [1.807, 2.05) is 0 Å². The van der Waals surface area contributed by atoms with Gasteiger partial charge in [-0.25, -0.2) is 0 Å². The lowest BCUT2D eigenvalue weighted by Crippen LogP contribution is -2.47. The van der Waals surface area contributed by atoms with Crippen LogP contribution in [0.5, 0.6) is 0 Å². The van der Waals surface area contributed by atoms with E-state index in [4.69, 9.17) is 27.9 Å². The quantitative estimate of drug-likeness (QED) is 0.588. The maximum atomic E-state index is 11.7. The first-order valence-electron chi connectivity index (χ1n) is 4.46. The zero-order chi connectivity index (χ0) is 12.3. The number of carbonyl (C=O) groups excluding carboxylic acids is 2. The van der Waals surface area contributed by atoms with Crippen molar-refractivity contribution in [2.75, 3.05) is 6.61 Å². The van der Waals surface area contributed by atoms with E-state index < -0.39 is 21.6 Å². The maximum absolute atomic E-state index is 11.7. The van der Waals surface area contributed by atoms with E-state index in [1.165, 1.54) is 23.6 Å². The van der Waals surface area contributed by atoms with Crippen LogP contribution < -0.4 is 0 Å². The molecule has 1 amide bonds. The molecule has 0 saturated carbocycles. The molecule has 0 aliphatic carbocycles. The minimum absolute atomic E-state index is 0.0895. The van der Waals surface area contributed by atoms with Crippen LogP contribution in [0.4, 0.5) is 0 Å². The Morgan fingerprint density at radius 3 is 2.69 bits per heavy atom. The maximum Gasteiger partial charge on any atom is 0.302 e. The molecule has 0 fully saturated rings. The molecule has 7 heteroatoms. The molecule has 1 aliphatic rings. The molecule has 1 rings (SSSR count). The van der Waals surface area contributed by atoms with Crippen LogP contribution >= 0.6 is 35.0 Å². The average molecular weight is 284 g/mol. The third-order valence-electron chi connectivity index (χ3n) is 2.01. The van der Waals surface area contributed by atoms with Crippen molar-refractivity contribution in [2.24, 2.45) is 0 Å². The summed E-state index contributed by atoms with van der Waals surface area (Å²) in [6.45, 7) is 3.18. The van der Waals surface area contributed by atoms with Crippen molar-refractivity contribution >= 4 is 46.8 Å². The minimum atomic E-state index is -1.12. The number of nitrogens with zero attached hydrogens (tertiary/aromatic N) is 1. The number of amides is 1. The van der Waals surface area contributed by atoms with Gasteiger partial charge in [0, 0.05) is 13.1 Å². The third kappa shape index (κ3) is 3.06. The van der Waals surface area contributed by atoms with Gasteiger partial charge in [-0.3, -0.25) is 14.5 Å². The lowest BCUT2D eigenvalue weighted by molar-refractivity contribution is -0.145. The molecule has 4 nitrogen and oxygen atoms in total. The third-order valence-corrected chi connectivity index (χ3v) is 3.46. The van der Waals surface area contributed by atoms with Gasteiger partial charge in [-0.15, -0.1) is 11.8 Å². The number of esters is 1. The van der Waals surface area contributed by atoms with Gasteiger partial charge in [-0.1, -0.05) is 23.2 Å². The normalized spacial score (nSPS) is 23.9. The second kappa shape index (κ2) is 5.29. The lowest BCUT2D eigenvalue weighted by Gasteiger charge is -2.33. The number of thioether (sulfide) groups is 1. The second-order valence-corrected chi connectivity index (χ2v) is 5.85. The van der Waals surface area contributed by atoms with E-state index in [-0.39, 0.29) is 6.61 Å². The number of hydrogen-bond acceptors (Lipinski definition) is 4. The van der Waals surface area contributed by atoms with Gasteiger partial charge in [0.25, 0.3) is 5.91 Å². The Bertz CT molecular complexity index is 335. The molecule has 0 N–H and O–H groups in total. The molecular formula is C9H11Cl2NO3S. The van der Waals surface area contributed by atoms with E-state index in [1.54, 1.807) is 18.5 Å². The van der Waals surface area contributed by atoms with Gasteiger partial charge in [0.15, 0.2) is 4.84 Å². The standard InChI is InChI=1S/C9H11Cl2NO3S/c1-6(13)15-5-9(2)12(3-4-16-9)8(14)7(10)11/h3-4,7H,5H2,1-2H3. The van der Waals surface area contributed by atoms with E-state index >= 15 is 0 Å². The molecule has 90 valence electrons. The van der Waals surface area contributed by atoms with E-state index in [0.29, 0.717) is 0 Å². The van der Waals surface area contributed by atoms with Crippen molar-refractivity contribution in [3.63, 3.8) is 0 Å². The number of hydrogen-bond donors (Lipinski definition) is 0. The number of ether oxygens (including phenoxy) is 1. The van der Waals surface area contributed by atoms with Crippen LogP contribution in [0.2, 0.25) is 0 Å². The van der Waals surface area contributed by atoms with E-state index in [2.05, 4.69) is 0 Å². The fourth-order valence-electron chi connectivity index (χ4n) is 1.20. The molecule has 1 atom stereocenters. The molecule has 0 spiro atoms. The first-order chi connectivity index (χ1) is 7.37. The lowest BCUT2D eigenvalue weighted by atomic mass is 10.3. The summed E-state index contributed by atoms with van der Waals surface area (Å²) in [6.07, 6.45) is 1.58. The average Bonchev–Trinajstić information content (AvgIpc) is 2.57. The zero-order valence-electron chi connectivity index (χ0n) is 8.78. The van der Waals surface area contributed by atoms with Crippen LogP contribution in [0.15, 0.2) is 11.6 Å². The number of rotatable bonds is 3. The predicted molar refractivity (Wildman–Crippen MR) is 64.1 cm³/mol. The Kier molecular flexibility index (Phi) is 4.52. The number of halogens is 2. The molecule has 0 aromatic heterocycles. The minimum Gasteiger partial charge on any atom is -0.462 e. The highest BCUT2D eigenvalue weighted by Crippen LogP contribution is 2.37. The molecular weight excluding hydrogens is 273 g/mol. The largest absolute Gasteiger partial charge is 0.462 e. The number of carbonyl (C=O) groups is 2. The van der Waals surface area contributed by atoms with Gasteiger partial charge in [0.05, 0.1) is 0 Å². The van der Waals surface area contributed by atoms with Gasteiger partial charge in [-0.2, -0.15) is 0 Å². The molecule has 1 aliphatic heterocycles. The van der Waals surface area contributed by atoms with Crippen LogP contribution in [0.3, 0.4) is 0 Å². The molecule has 0 radical (unpaired) electrons. The first-order valence-corrected chi connectivity index (χ1v) is 6.21. The van der Waals surface area contributed by atoms with Crippen molar-refractivity contribution < 1.29 is 14.3 Å². The summed E-state index contributed by atoms with van der Waals surface area (Å²) in [5.74, 6) is -0.825. The van der Waals surface area contributed by atoms with Crippen molar-refractivity contribution in [2.45, 2.75) is 23.6 Å². The van der Waals surface area contributed by atoms with Crippen molar-refractivity contribution in [1.82, 2.24) is 4.90 Å². The predicted octanol–water partition coefficient (Wildman–Crippen LogP) is 2.12. The topological polar surface area (TPSA) is 46.6 Å². The fraction of sp³-hybridized carbons (Fsp3) is 0.556. The van der Waals surface area contributed by atoms with Crippen LogP contribution in [0.25, 0.3) is 0 Å². The van der Waals surface area contributed by atoms with Crippen molar-refractivity contribution in [3.8, 4) is 0 Å². The monoisotopic (exact) mass is 283 g/mol. The molecule has 0 saturated heterocycles. The highest BCUT2D eigenvalue weighted by Gasteiger charge is 2.40. The summed E-state index contributed by atoms with van der Waals surface area (Å²) in [6, 6.07) is 0. The summed E-state index contributed by atoms with van der Waals surface area (Å²) in [4.78, 5) is 22.0. The van der Waals surface area contributed by atoms with Crippen LogP contribution in [-0.2, 0) is 14.3 Å². The van der Waals surface area contributed by atoms with E-state index in [0.717, 1.165) is 0 Å². The summed E-state index contributed by atoms with van der Waals surface area (Å²) in [5.41, 5.74) is 0. The summed E-state index contributed by atoms with van der Waals surface area (Å²) < 4.78 is 4.91. The SMILES string of the molecule is CC(=O)OCC1(C)SC=CN1C(=O)C(Cl)Cl. The van der Waals surface area contributed by atoms with Gasteiger partial charge < -0.3 is 4.74 Å². The highest BCUT2D eigenvalue weighted by atomic mass is 35.5. The van der Waals surface area contributed by atoms with Gasteiger partial charge in [0.1, 0.15) is 11.5 Å². The zero-order valence-corrected chi connectivity index (χ0v) is 11.1. The van der Waals surface area contributed by atoms with Gasteiger partial charge >= 0.3 is 5.97 Å². The van der Waals surface area contributed by atoms with Crippen LogP contribution in [-0.4, -0.2) is 33.1 Å². The molecule has 1 heterocycles. The molecule has 0 aromatic rings. The molecule has 0 aromatic carbocycles. The summed E-state index contributed by atoms with van der Waals surface area (Å²) >= 11 is 12.4. The van der Waals surface area contributed by atoms with Crippen molar-refractivity contribution in [3.05, 3.63) is 11.6 Å². The van der Waals surface area contributed by atoms with Crippen LogP contribution in [0, 0.1) is 0 Å². The highest BCUT2D eigenvalue weighted by molar-refractivity contribution is 8.03. The fourth-order valence-corrected chi connectivity index (χ4v) is 2.28. The molecule has 1 unspecified atom stereocenters. The van der Waals surface area contributed by atoms with Crippen LogP contribution in [0.1, 0.15) is 13.8 Å². The molecule has 0 bridgehead atoms. The summed E-state index contributed by atoms with van der Waals surface area (Å²) in [5, 5.41) is 1.73. The Balaban J connectivity index is 2.72. The van der Waals surface area contributed by atoms with Gasteiger partial charge in [0.2, 0.25) is 0 Å². The Morgan fingerprint density at radius 1 is 1.56 bits per heavy atom. The summed E-state index contributed by atoms with van der Waals surface area (Å²) in [7, 11) is 0. The molecule has 16 heavy (non-hydrogen) atoms. The smallest absolute Gasteiger partial charge is 0.302 e. The van der Waals surface area contributed by atoms with E-state index in [9.17, 15) is 9.59 Å². The first kappa shape index (κ1) is 13.7. The Hall–Kier alpha value is -0.390. The van der Waals surface area contributed by atoms with Crippen molar-refractivity contribution in [1.29, 1.82) is 0 Å². The Morgan fingerprint density at radius 2 is 2.19 bits per heavy atom.